The third-order valence-corrected chi connectivity index (χ3v) is 5.15. The van der Waals surface area contributed by atoms with Crippen LogP contribution in [0, 0.1) is 6.92 Å². The number of rotatable bonds is 4. The summed E-state index contributed by atoms with van der Waals surface area (Å²) in [7, 11) is 0. The molecule has 1 aliphatic rings. The van der Waals surface area contributed by atoms with Crippen LogP contribution < -0.4 is 10.1 Å². The Morgan fingerprint density at radius 3 is 3.00 bits per heavy atom. The normalized spacial score (nSPS) is 16.5. The molecule has 1 amide bonds. The van der Waals surface area contributed by atoms with E-state index in [1.54, 1.807) is 12.1 Å². The molecule has 2 aromatic carbocycles. The highest BCUT2D eigenvalue weighted by Crippen LogP contribution is 2.35. The number of benzene rings is 2. The molecular formula is C18H18ClNO2S. The second-order valence-corrected chi connectivity index (χ2v) is 7.07. The van der Waals surface area contributed by atoms with Gasteiger partial charge in [0.15, 0.2) is 6.61 Å². The predicted molar refractivity (Wildman–Crippen MR) is 94.4 cm³/mol. The molecule has 23 heavy (non-hydrogen) atoms. The Hall–Kier alpha value is -1.65. The molecule has 0 aliphatic carbocycles. The number of thioether (sulfide) groups is 1. The first kappa shape index (κ1) is 16.2. The minimum absolute atomic E-state index is 0.00822. The lowest BCUT2D eigenvalue weighted by atomic mass is 10.0. The summed E-state index contributed by atoms with van der Waals surface area (Å²) in [6.45, 7) is 1.92. The molecule has 2 aromatic rings. The molecule has 120 valence electrons. The topological polar surface area (TPSA) is 38.3 Å². The van der Waals surface area contributed by atoms with Gasteiger partial charge in [-0.1, -0.05) is 29.8 Å². The molecule has 3 nitrogen and oxygen atoms in total. The number of hydrogen-bond donors (Lipinski definition) is 1. The summed E-state index contributed by atoms with van der Waals surface area (Å²) < 4.78 is 5.61. The first-order valence-corrected chi connectivity index (χ1v) is 8.90. The van der Waals surface area contributed by atoms with Crippen molar-refractivity contribution >= 4 is 29.3 Å². The van der Waals surface area contributed by atoms with Crippen LogP contribution >= 0.6 is 23.4 Å². The van der Waals surface area contributed by atoms with E-state index < -0.39 is 0 Å². The molecule has 0 saturated carbocycles. The summed E-state index contributed by atoms with van der Waals surface area (Å²) in [5, 5.41) is 3.74. The zero-order valence-corrected chi connectivity index (χ0v) is 14.4. The molecule has 0 spiro atoms. The van der Waals surface area contributed by atoms with E-state index in [0.717, 1.165) is 17.7 Å². The van der Waals surface area contributed by atoms with Crippen LogP contribution in [-0.2, 0) is 4.79 Å². The molecule has 1 atom stereocenters. The molecule has 0 saturated heterocycles. The number of aryl methyl sites for hydroxylation is 1. The number of fused-ring (bicyclic) bond motifs is 1. The van der Waals surface area contributed by atoms with Gasteiger partial charge in [0.25, 0.3) is 5.91 Å². The van der Waals surface area contributed by atoms with E-state index in [1.165, 1.54) is 10.5 Å². The first-order chi connectivity index (χ1) is 11.1. The second kappa shape index (κ2) is 7.28. The summed E-state index contributed by atoms with van der Waals surface area (Å²) in [6.07, 6.45) is 0.938. The Kier molecular flexibility index (Phi) is 5.13. The highest BCUT2D eigenvalue weighted by molar-refractivity contribution is 7.99. The van der Waals surface area contributed by atoms with Crippen molar-refractivity contribution in [1.82, 2.24) is 5.32 Å². The summed E-state index contributed by atoms with van der Waals surface area (Å²) in [5.41, 5.74) is 2.12. The number of amides is 1. The lowest BCUT2D eigenvalue weighted by Gasteiger charge is -2.25. The number of carbonyl (C=O) groups excluding carboxylic acids is 1. The van der Waals surface area contributed by atoms with Crippen molar-refractivity contribution in [3.05, 3.63) is 58.6 Å². The Bertz CT molecular complexity index is 720. The van der Waals surface area contributed by atoms with Crippen molar-refractivity contribution in [3.8, 4) is 5.75 Å². The minimum Gasteiger partial charge on any atom is -0.484 e. The van der Waals surface area contributed by atoms with Crippen LogP contribution in [0.5, 0.6) is 5.75 Å². The number of ether oxygens (including phenoxy) is 1. The molecule has 3 rings (SSSR count). The molecule has 0 fully saturated rings. The van der Waals surface area contributed by atoms with Gasteiger partial charge >= 0.3 is 0 Å². The molecule has 5 heteroatoms. The van der Waals surface area contributed by atoms with E-state index in [2.05, 4.69) is 17.4 Å². The van der Waals surface area contributed by atoms with Crippen molar-refractivity contribution in [2.45, 2.75) is 24.3 Å². The Morgan fingerprint density at radius 2 is 2.17 bits per heavy atom. The summed E-state index contributed by atoms with van der Waals surface area (Å²) in [5.74, 6) is 1.59. The summed E-state index contributed by atoms with van der Waals surface area (Å²) in [4.78, 5) is 13.5. The summed E-state index contributed by atoms with van der Waals surface area (Å²) >= 11 is 7.76. The standard InChI is InChI=1S/C18H18ClNO2S/c1-12-10-13(19)6-7-16(12)22-11-18(21)20-15-8-9-23-17-5-3-2-4-14(15)17/h2-7,10,15H,8-9,11H2,1H3,(H,20,21). The van der Waals surface area contributed by atoms with Crippen molar-refractivity contribution in [3.63, 3.8) is 0 Å². The largest absolute Gasteiger partial charge is 0.484 e. The van der Waals surface area contributed by atoms with Crippen molar-refractivity contribution in [2.75, 3.05) is 12.4 Å². The van der Waals surface area contributed by atoms with Gasteiger partial charge in [-0.2, -0.15) is 0 Å². The molecular weight excluding hydrogens is 330 g/mol. The molecule has 0 aromatic heterocycles. The molecule has 0 bridgehead atoms. The van der Waals surface area contributed by atoms with Crippen molar-refractivity contribution < 1.29 is 9.53 Å². The van der Waals surface area contributed by atoms with Crippen LogP contribution in [0.2, 0.25) is 5.02 Å². The average Bonchev–Trinajstić information content (AvgIpc) is 2.54. The fraction of sp³-hybridized carbons (Fsp3) is 0.278. The minimum atomic E-state index is -0.106. The SMILES string of the molecule is Cc1cc(Cl)ccc1OCC(=O)NC1CCSc2ccccc21. The van der Waals surface area contributed by atoms with Crippen molar-refractivity contribution in [1.29, 1.82) is 0 Å². The lowest BCUT2D eigenvalue weighted by molar-refractivity contribution is -0.123. The van der Waals surface area contributed by atoms with E-state index in [0.29, 0.717) is 10.8 Å². The van der Waals surface area contributed by atoms with E-state index in [1.807, 2.05) is 36.9 Å². The smallest absolute Gasteiger partial charge is 0.258 e. The van der Waals surface area contributed by atoms with E-state index in [-0.39, 0.29) is 18.6 Å². The predicted octanol–water partition coefficient (Wildman–Crippen LogP) is 4.38. The van der Waals surface area contributed by atoms with Crippen LogP contribution in [0.1, 0.15) is 23.6 Å². The van der Waals surface area contributed by atoms with Gasteiger partial charge in [0.1, 0.15) is 5.75 Å². The van der Waals surface area contributed by atoms with Gasteiger partial charge in [-0.25, -0.2) is 0 Å². The van der Waals surface area contributed by atoms with Gasteiger partial charge < -0.3 is 10.1 Å². The first-order valence-electron chi connectivity index (χ1n) is 7.53. The lowest BCUT2D eigenvalue weighted by Crippen LogP contribution is -2.34. The van der Waals surface area contributed by atoms with Crippen LogP contribution in [0.4, 0.5) is 0 Å². The maximum atomic E-state index is 12.2. The van der Waals surface area contributed by atoms with E-state index >= 15 is 0 Å². The monoisotopic (exact) mass is 347 g/mol. The zero-order chi connectivity index (χ0) is 16.2. The number of carbonyl (C=O) groups is 1. The average molecular weight is 348 g/mol. The van der Waals surface area contributed by atoms with Crippen LogP contribution in [0.25, 0.3) is 0 Å². The molecule has 1 aliphatic heterocycles. The van der Waals surface area contributed by atoms with Gasteiger partial charge in [-0.15, -0.1) is 11.8 Å². The van der Waals surface area contributed by atoms with Gasteiger partial charge in [-0.3, -0.25) is 4.79 Å². The van der Waals surface area contributed by atoms with Gasteiger partial charge in [-0.05, 0) is 48.7 Å². The van der Waals surface area contributed by atoms with Crippen LogP contribution in [0.15, 0.2) is 47.4 Å². The molecule has 1 heterocycles. The maximum absolute atomic E-state index is 12.2. The summed E-state index contributed by atoms with van der Waals surface area (Å²) in [6, 6.07) is 13.7. The molecule has 1 N–H and O–H groups in total. The Morgan fingerprint density at radius 1 is 1.35 bits per heavy atom. The Balaban J connectivity index is 1.60. The zero-order valence-electron chi connectivity index (χ0n) is 12.8. The van der Waals surface area contributed by atoms with E-state index in [9.17, 15) is 4.79 Å². The number of nitrogens with one attached hydrogen (secondary N) is 1. The quantitative estimate of drug-likeness (QED) is 0.891. The van der Waals surface area contributed by atoms with E-state index in [4.69, 9.17) is 16.3 Å². The number of hydrogen-bond acceptors (Lipinski definition) is 3. The van der Waals surface area contributed by atoms with Crippen LogP contribution in [0.3, 0.4) is 0 Å². The Labute approximate surface area is 145 Å². The highest BCUT2D eigenvalue weighted by atomic mass is 35.5. The molecule has 1 unspecified atom stereocenters. The third-order valence-electron chi connectivity index (χ3n) is 3.79. The van der Waals surface area contributed by atoms with Gasteiger partial charge in [0.2, 0.25) is 0 Å². The fourth-order valence-electron chi connectivity index (χ4n) is 2.65. The third kappa shape index (κ3) is 4.01. The highest BCUT2D eigenvalue weighted by Gasteiger charge is 2.22. The maximum Gasteiger partial charge on any atom is 0.258 e. The number of halogens is 1. The molecule has 0 radical (unpaired) electrons. The second-order valence-electron chi connectivity index (χ2n) is 5.49. The van der Waals surface area contributed by atoms with Gasteiger partial charge in [0.05, 0.1) is 6.04 Å². The fourth-order valence-corrected chi connectivity index (χ4v) is 4.00. The van der Waals surface area contributed by atoms with Crippen LogP contribution in [-0.4, -0.2) is 18.3 Å². The van der Waals surface area contributed by atoms with Crippen molar-refractivity contribution in [2.24, 2.45) is 0 Å². The van der Waals surface area contributed by atoms with Gasteiger partial charge in [0, 0.05) is 15.7 Å².